The number of benzene rings is 2. The molecule has 5 nitrogen and oxygen atoms in total. The van der Waals surface area contributed by atoms with Crippen molar-refractivity contribution in [2.75, 3.05) is 0 Å². The predicted molar refractivity (Wildman–Crippen MR) is 94.9 cm³/mol. The topological polar surface area (TPSA) is 63.6 Å². The van der Waals surface area contributed by atoms with E-state index < -0.39 is 0 Å². The summed E-state index contributed by atoms with van der Waals surface area (Å²) in [6, 6.07) is 12.3. The van der Waals surface area contributed by atoms with Gasteiger partial charge in [0.25, 0.3) is 0 Å². The number of hydrogen-bond donors (Lipinski definition) is 1. The SMILES string of the molecule is O=c1c(-c2ccc(Cl)cc2Cl)c(-n2cncn2)[nH]c2ccccc12. The van der Waals surface area contributed by atoms with E-state index in [1.165, 1.54) is 17.3 Å². The molecule has 4 rings (SSSR count). The third kappa shape index (κ3) is 2.38. The van der Waals surface area contributed by atoms with Gasteiger partial charge >= 0.3 is 0 Å². The molecule has 118 valence electrons. The minimum atomic E-state index is -0.140. The van der Waals surface area contributed by atoms with Crippen LogP contribution in [0.5, 0.6) is 0 Å². The van der Waals surface area contributed by atoms with Crippen molar-refractivity contribution in [3.05, 3.63) is 75.4 Å². The quantitative estimate of drug-likeness (QED) is 0.588. The molecule has 0 radical (unpaired) electrons. The maximum atomic E-state index is 13.1. The van der Waals surface area contributed by atoms with E-state index in [1.807, 2.05) is 18.2 Å². The van der Waals surface area contributed by atoms with Crippen molar-refractivity contribution in [3.63, 3.8) is 0 Å². The van der Waals surface area contributed by atoms with E-state index in [9.17, 15) is 4.79 Å². The van der Waals surface area contributed by atoms with Gasteiger partial charge in [-0.05, 0) is 24.3 Å². The number of fused-ring (bicyclic) bond motifs is 1. The van der Waals surface area contributed by atoms with Gasteiger partial charge in [0.05, 0.1) is 16.1 Å². The molecule has 7 heteroatoms. The Hall–Kier alpha value is -2.63. The number of halogens is 2. The van der Waals surface area contributed by atoms with Gasteiger partial charge in [-0.3, -0.25) is 4.79 Å². The van der Waals surface area contributed by atoms with Crippen molar-refractivity contribution < 1.29 is 0 Å². The average Bonchev–Trinajstić information content (AvgIpc) is 3.10. The standard InChI is InChI=1S/C17H10Cl2N4O/c18-10-5-6-11(13(19)7-10)15-16(24)12-3-1-2-4-14(12)22-17(15)23-9-20-8-21-23/h1-9H,(H,22,24). The number of aromatic amines is 1. The summed E-state index contributed by atoms with van der Waals surface area (Å²) in [7, 11) is 0. The van der Waals surface area contributed by atoms with Gasteiger partial charge in [0.2, 0.25) is 0 Å². The third-order valence-electron chi connectivity index (χ3n) is 3.74. The van der Waals surface area contributed by atoms with Gasteiger partial charge in [-0.25, -0.2) is 9.67 Å². The van der Waals surface area contributed by atoms with Crippen LogP contribution in [0.3, 0.4) is 0 Å². The van der Waals surface area contributed by atoms with Crippen LogP contribution in [0.1, 0.15) is 0 Å². The number of aromatic nitrogens is 4. The molecule has 2 aromatic heterocycles. The number of pyridine rings is 1. The van der Waals surface area contributed by atoms with Crippen LogP contribution in [0.2, 0.25) is 10.0 Å². The molecule has 2 aromatic carbocycles. The predicted octanol–water partition coefficient (Wildman–Crippen LogP) is 4.08. The Morgan fingerprint density at radius 2 is 1.92 bits per heavy atom. The minimum Gasteiger partial charge on any atom is -0.339 e. The van der Waals surface area contributed by atoms with Gasteiger partial charge < -0.3 is 4.98 Å². The third-order valence-corrected chi connectivity index (χ3v) is 4.28. The fourth-order valence-electron chi connectivity index (χ4n) is 2.66. The highest BCUT2D eigenvalue weighted by Crippen LogP contribution is 2.32. The molecule has 0 aliphatic rings. The molecule has 0 amide bonds. The van der Waals surface area contributed by atoms with Gasteiger partial charge in [0.1, 0.15) is 18.5 Å². The zero-order chi connectivity index (χ0) is 16.7. The summed E-state index contributed by atoms with van der Waals surface area (Å²) in [5.41, 5.74) is 1.57. The van der Waals surface area contributed by atoms with Crippen LogP contribution in [0.4, 0.5) is 0 Å². The molecule has 0 bridgehead atoms. The van der Waals surface area contributed by atoms with E-state index >= 15 is 0 Å². The molecule has 0 unspecified atom stereocenters. The van der Waals surface area contributed by atoms with E-state index in [0.29, 0.717) is 37.9 Å². The summed E-state index contributed by atoms with van der Waals surface area (Å²) >= 11 is 12.3. The molecule has 0 aliphatic carbocycles. The first-order valence-corrected chi connectivity index (χ1v) is 7.86. The highest BCUT2D eigenvalue weighted by Gasteiger charge is 2.18. The Kier molecular flexibility index (Phi) is 3.59. The van der Waals surface area contributed by atoms with Gasteiger partial charge in [0.15, 0.2) is 5.43 Å². The molecule has 0 spiro atoms. The lowest BCUT2D eigenvalue weighted by atomic mass is 10.0. The molecular formula is C17H10Cl2N4O. The lowest BCUT2D eigenvalue weighted by molar-refractivity contribution is 0.852. The largest absolute Gasteiger partial charge is 0.339 e. The minimum absolute atomic E-state index is 0.140. The molecule has 0 saturated carbocycles. The van der Waals surface area contributed by atoms with Crippen LogP contribution in [0.25, 0.3) is 27.8 Å². The van der Waals surface area contributed by atoms with Gasteiger partial charge in [-0.15, -0.1) is 0 Å². The average molecular weight is 357 g/mol. The molecule has 0 saturated heterocycles. The first kappa shape index (κ1) is 14.9. The molecule has 24 heavy (non-hydrogen) atoms. The van der Waals surface area contributed by atoms with E-state index in [4.69, 9.17) is 23.2 Å². The number of para-hydroxylation sites is 1. The van der Waals surface area contributed by atoms with E-state index in [2.05, 4.69) is 15.1 Å². The Balaban J connectivity index is 2.15. The van der Waals surface area contributed by atoms with Crippen LogP contribution in [0.15, 0.2) is 59.9 Å². The molecule has 2 heterocycles. The van der Waals surface area contributed by atoms with E-state index in [1.54, 1.807) is 24.3 Å². The summed E-state index contributed by atoms with van der Waals surface area (Å²) in [5.74, 6) is 0.500. The summed E-state index contributed by atoms with van der Waals surface area (Å²) in [6.45, 7) is 0. The van der Waals surface area contributed by atoms with Crippen LogP contribution in [0, 0.1) is 0 Å². The van der Waals surface area contributed by atoms with Crippen LogP contribution in [-0.4, -0.2) is 19.7 Å². The zero-order valence-corrected chi connectivity index (χ0v) is 13.7. The molecule has 4 aromatic rings. The molecule has 0 fully saturated rings. The summed E-state index contributed by atoms with van der Waals surface area (Å²) in [6.07, 6.45) is 2.92. The van der Waals surface area contributed by atoms with Gasteiger partial charge in [0, 0.05) is 16.0 Å². The van der Waals surface area contributed by atoms with E-state index in [-0.39, 0.29) is 5.43 Å². The maximum absolute atomic E-state index is 13.1. The van der Waals surface area contributed by atoms with Gasteiger partial charge in [-0.1, -0.05) is 41.4 Å². The molecule has 1 N–H and O–H groups in total. The lowest BCUT2D eigenvalue weighted by Crippen LogP contribution is -2.13. The van der Waals surface area contributed by atoms with Crippen LogP contribution in [-0.2, 0) is 0 Å². The molecular weight excluding hydrogens is 347 g/mol. The maximum Gasteiger partial charge on any atom is 0.199 e. The Morgan fingerprint density at radius 3 is 2.67 bits per heavy atom. The monoisotopic (exact) mass is 356 g/mol. The van der Waals surface area contributed by atoms with Crippen LogP contribution >= 0.6 is 23.2 Å². The first-order valence-electron chi connectivity index (χ1n) is 7.10. The van der Waals surface area contributed by atoms with Crippen molar-refractivity contribution >= 4 is 34.1 Å². The second-order valence-corrected chi connectivity index (χ2v) is 6.03. The van der Waals surface area contributed by atoms with E-state index in [0.717, 1.165) is 0 Å². The zero-order valence-electron chi connectivity index (χ0n) is 12.2. The fraction of sp³-hybridized carbons (Fsp3) is 0. The molecule has 0 aliphatic heterocycles. The summed E-state index contributed by atoms with van der Waals surface area (Å²) < 4.78 is 1.51. The summed E-state index contributed by atoms with van der Waals surface area (Å²) in [4.78, 5) is 20.3. The normalized spacial score (nSPS) is 11.1. The smallest absolute Gasteiger partial charge is 0.199 e. The number of nitrogens with one attached hydrogen (secondary N) is 1. The fourth-order valence-corrected chi connectivity index (χ4v) is 3.16. The Labute approximate surface area is 146 Å². The second kappa shape index (κ2) is 5.78. The van der Waals surface area contributed by atoms with Crippen LogP contribution < -0.4 is 5.43 Å². The molecule has 0 atom stereocenters. The second-order valence-electron chi connectivity index (χ2n) is 5.19. The highest BCUT2D eigenvalue weighted by atomic mass is 35.5. The Bertz CT molecular complexity index is 1100. The Morgan fingerprint density at radius 1 is 1.08 bits per heavy atom. The van der Waals surface area contributed by atoms with Crippen molar-refractivity contribution in [2.45, 2.75) is 0 Å². The highest BCUT2D eigenvalue weighted by molar-refractivity contribution is 6.36. The number of H-pyrrole nitrogens is 1. The number of rotatable bonds is 2. The van der Waals surface area contributed by atoms with Crippen molar-refractivity contribution in [1.29, 1.82) is 0 Å². The number of nitrogens with zero attached hydrogens (tertiary/aromatic N) is 3. The van der Waals surface area contributed by atoms with Crippen molar-refractivity contribution in [2.24, 2.45) is 0 Å². The van der Waals surface area contributed by atoms with Gasteiger partial charge in [-0.2, -0.15) is 5.10 Å². The van der Waals surface area contributed by atoms with Crippen molar-refractivity contribution in [1.82, 2.24) is 19.7 Å². The number of hydrogen-bond acceptors (Lipinski definition) is 3. The van der Waals surface area contributed by atoms with Crippen molar-refractivity contribution in [3.8, 4) is 16.9 Å². The lowest BCUT2D eigenvalue weighted by Gasteiger charge is -2.12. The first-order chi connectivity index (χ1) is 11.6. The summed E-state index contributed by atoms with van der Waals surface area (Å²) in [5, 5.41) is 5.60.